The second kappa shape index (κ2) is 10.6. The molecule has 0 saturated heterocycles. The molecule has 0 spiro atoms. The molecule has 0 bridgehead atoms. The average Bonchev–Trinajstić information content (AvgIpc) is 3.48. The fourth-order valence-electron chi connectivity index (χ4n) is 4.90. The number of ether oxygens (including phenoxy) is 2. The van der Waals surface area contributed by atoms with E-state index in [0.717, 1.165) is 28.1 Å². The molecule has 1 aromatic heterocycles. The van der Waals surface area contributed by atoms with Crippen molar-refractivity contribution in [2.45, 2.75) is 52.2 Å². The molecule has 206 valence electrons. The number of hydrogen-bond donors (Lipinski definition) is 1. The van der Waals surface area contributed by atoms with Crippen LogP contribution < -0.4 is 19.7 Å². The Morgan fingerprint density at radius 2 is 1.90 bits per heavy atom. The number of carbonyl (C=O) groups is 2. The number of anilines is 1. The highest BCUT2D eigenvalue weighted by atomic mass is 32.2. The zero-order chi connectivity index (χ0) is 27.9. The highest BCUT2D eigenvalue weighted by Crippen LogP contribution is 2.50. The number of benzene rings is 2. The molecule has 0 aliphatic carbocycles. The van der Waals surface area contributed by atoms with Crippen LogP contribution >= 0.6 is 11.8 Å². The van der Waals surface area contributed by atoms with Gasteiger partial charge in [0.1, 0.15) is 12.4 Å². The Labute approximate surface area is 234 Å². The van der Waals surface area contributed by atoms with Gasteiger partial charge in [0, 0.05) is 17.5 Å². The largest absolute Gasteiger partial charge is 0.454 e. The topological polar surface area (TPSA) is 85.7 Å². The number of rotatable bonds is 6. The molecule has 0 unspecified atom stereocenters. The minimum absolute atomic E-state index is 0.0753. The number of nitrogens with zero attached hydrogens (tertiary/aromatic N) is 3. The number of aryl methyl sites for hydroxylation is 1. The molecule has 2 aliphatic rings. The summed E-state index contributed by atoms with van der Waals surface area (Å²) in [5.74, 6) is 2.26. The Balaban J connectivity index is 1.73. The number of aromatic nitrogens is 2. The molecule has 0 saturated carbocycles. The highest BCUT2D eigenvalue weighted by Gasteiger charge is 2.40. The van der Waals surface area contributed by atoms with Crippen molar-refractivity contribution in [2.24, 2.45) is 5.92 Å². The number of carbonyl (C=O) groups excluding carboxylic acids is 2. The normalized spacial score (nSPS) is 16.8. The minimum Gasteiger partial charge on any atom is -0.454 e. The van der Waals surface area contributed by atoms with Crippen LogP contribution in [0.15, 0.2) is 42.5 Å². The summed E-state index contributed by atoms with van der Waals surface area (Å²) < 4.78 is 13.1. The summed E-state index contributed by atoms with van der Waals surface area (Å²) in [6, 6.07) is 13.9. The predicted molar refractivity (Wildman–Crippen MR) is 154 cm³/mol. The van der Waals surface area contributed by atoms with Crippen LogP contribution in [0.5, 0.6) is 11.5 Å². The van der Waals surface area contributed by atoms with Crippen LogP contribution in [-0.2, 0) is 15.0 Å². The van der Waals surface area contributed by atoms with Crippen molar-refractivity contribution in [3.8, 4) is 17.2 Å². The van der Waals surface area contributed by atoms with Gasteiger partial charge in [0.2, 0.25) is 18.6 Å². The second-order valence-electron chi connectivity index (χ2n) is 11.5. The van der Waals surface area contributed by atoms with Crippen molar-refractivity contribution in [3.63, 3.8) is 0 Å². The van der Waals surface area contributed by atoms with Gasteiger partial charge < -0.3 is 14.8 Å². The van der Waals surface area contributed by atoms with E-state index in [-0.39, 0.29) is 41.6 Å². The van der Waals surface area contributed by atoms with Gasteiger partial charge in [-0.1, -0.05) is 58.9 Å². The second-order valence-corrected chi connectivity index (χ2v) is 12.6. The minimum atomic E-state index is -0.327. The average molecular weight is 549 g/mol. The molecule has 2 aromatic carbocycles. The van der Waals surface area contributed by atoms with Crippen LogP contribution in [0.4, 0.5) is 5.82 Å². The first-order chi connectivity index (χ1) is 18.5. The lowest BCUT2D eigenvalue weighted by molar-refractivity contribution is -0.123. The van der Waals surface area contributed by atoms with Gasteiger partial charge in [0.25, 0.3) is 0 Å². The van der Waals surface area contributed by atoms with Crippen molar-refractivity contribution in [1.29, 1.82) is 0 Å². The third kappa shape index (κ3) is 5.37. The van der Waals surface area contributed by atoms with Crippen molar-refractivity contribution in [3.05, 3.63) is 64.8 Å². The SMILES string of the molecule is Cc1ccccc1-n1nc(C(C)(C)C)c2c1N(CC(=O)NCC(C)C)C(=O)CS[C@@H]2c1ccc2c(c1)OCO2. The maximum Gasteiger partial charge on any atom is 0.240 e. The Hall–Kier alpha value is -3.46. The van der Waals surface area contributed by atoms with E-state index < -0.39 is 0 Å². The highest BCUT2D eigenvalue weighted by molar-refractivity contribution is 8.00. The first-order valence-corrected chi connectivity index (χ1v) is 14.4. The smallest absolute Gasteiger partial charge is 0.240 e. The van der Waals surface area contributed by atoms with Crippen molar-refractivity contribution >= 4 is 29.4 Å². The van der Waals surface area contributed by atoms with E-state index in [4.69, 9.17) is 14.6 Å². The zero-order valence-electron chi connectivity index (χ0n) is 23.4. The number of fused-ring (bicyclic) bond motifs is 2. The monoisotopic (exact) mass is 548 g/mol. The first-order valence-electron chi connectivity index (χ1n) is 13.3. The Kier molecular flexibility index (Phi) is 7.37. The number of hydrogen-bond acceptors (Lipinski definition) is 6. The molecular weight excluding hydrogens is 512 g/mol. The zero-order valence-corrected chi connectivity index (χ0v) is 24.2. The lowest BCUT2D eigenvalue weighted by Gasteiger charge is -2.25. The summed E-state index contributed by atoms with van der Waals surface area (Å²) >= 11 is 1.55. The Morgan fingerprint density at radius 3 is 2.62 bits per heavy atom. The van der Waals surface area contributed by atoms with Gasteiger partial charge in [-0.25, -0.2) is 4.68 Å². The van der Waals surface area contributed by atoms with E-state index in [9.17, 15) is 9.59 Å². The molecule has 3 aromatic rings. The lowest BCUT2D eigenvalue weighted by atomic mass is 9.87. The van der Waals surface area contributed by atoms with Crippen molar-refractivity contribution in [2.75, 3.05) is 30.5 Å². The molecule has 8 nitrogen and oxygen atoms in total. The molecule has 39 heavy (non-hydrogen) atoms. The van der Waals surface area contributed by atoms with E-state index in [2.05, 4.69) is 26.1 Å². The quantitative estimate of drug-likeness (QED) is 0.459. The molecule has 1 N–H and O–H groups in total. The summed E-state index contributed by atoms with van der Waals surface area (Å²) in [5.41, 5.74) is 4.40. The number of amides is 2. The van der Waals surface area contributed by atoms with Gasteiger partial charge in [-0.2, -0.15) is 5.10 Å². The fourth-order valence-corrected chi connectivity index (χ4v) is 6.09. The number of thioether (sulfide) groups is 1. The molecular formula is C30H36N4O4S. The molecule has 0 fully saturated rings. The van der Waals surface area contributed by atoms with Crippen LogP contribution in [0.1, 0.15) is 62.3 Å². The van der Waals surface area contributed by atoms with Gasteiger partial charge >= 0.3 is 0 Å². The van der Waals surface area contributed by atoms with Gasteiger partial charge in [-0.05, 0) is 42.2 Å². The van der Waals surface area contributed by atoms with Crippen LogP contribution in [0, 0.1) is 12.8 Å². The third-order valence-corrected chi connectivity index (χ3v) is 8.11. The number of para-hydroxylation sites is 1. The molecule has 0 radical (unpaired) electrons. The molecule has 2 aliphatic heterocycles. The van der Waals surface area contributed by atoms with E-state index in [0.29, 0.717) is 29.8 Å². The molecule has 5 rings (SSSR count). The fraction of sp³-hybridized carbons (Fsp3) is 0.433. The van der Waals surface area contributed by atoms with Crippen molar-refractivity contribution < 1.29 is 19.1 Å². The van der Waals surface area contributed by atoms with Crippen LogP contribution in [0.25, 0.3) is 5.69 Å². The Morgan fingerprint density at radius 1 is 1.15 bits per heavy atom. The first kappa shape index (κ1) is 27.1. The lowest BCUT2D eigenvalue weighted by Crippen LogP contribution is -2.43. The van der Waals surface area contributed by atoms with E-state index in [1.54, 1.807) is 16.7 Å². The predicted octanol–water partition coefficient (Wildman–Crippen LogP) is 5.15. The maximum atomic E-state index is 13.8. The van der Waals surface area contributed by atoms with Gasteiger partial charge in [0.15, 0.2) is 11.5 Å². The van der Waals surface area contributed by atoms with Gasteiger partial charge in [0.05, 0.1) is 22.4 Å². The van der Waals surface area contributed by atoms with Gasteiger partial charge in [-0.15, -0.1) is 11.8 Å². The number of nitrogens with one attached hydrogen (secondary N) is 1. The van der Waals surface area contributed by atoms with Crippen LogP contribution in [-0.4, -0.2) is 47.2 Å². The summed E-state index contributed by atoms with van der Waals surface area (Å²) in [6.45, 7) is 13.2. The molecule has 1 atom stereocenters. The summed E-state index contributed by atoms with van der Waals surface area (Å²) in [7, 11) is 0. The third-order valence-electron chi connectivity index (χ3n) is 6.85. The van der Waals surface area contributed by atoms with Crippen LogP contribution in [0.3, 0.4) is 0 Å². The summed E-state index contributed by atoms with van der Waals surface area (Å²) in [5, 5.41) is 7.95. The molecule has 2 amide bonds. The van der Waals surface area contributed by atoms with E-state index in [1.807, 2.05) is 67.9 Å². The molecule has 9 heteroatoms. The maximum absolute atomic E-state index is 13.8. The van der Waals surface area contributed by atoms with Crippen LogP contribution in [0.2, 0.25) is 0 Å². The molecule has 3 heterocycles. The van der Waals surface area contributed by atoms with Gasteiger partial charge in [-0.3, -0.25) is 14.5 Å². The summed E-state index contributed by atoms with van der Waals surface area (Å²) in [6.07, 6.45) is 0. The standard InChI is InChI=1S/C30H36N4O4S/c1-18(2)14-31-24(35)15-33-25(36)16-39-27(20-11-12-22-23(13-20)38-17-37-22)26-28(30(4,5)6)32-34(29(26)33)21-10-8-7-9-19(21)3/h7-13,18,27H,14-17H2,1-6H3,(H,31,35)/t27-/m1/s1. The summed E-state index contributed by atoms with van der Waals surface area (Å²) in [4.78, 5) is 28.5. The van der Waals surface area contributed by atoms with E-state index >= 15 is 0 Å². The van der Waals surface area contributed by atoms with E-state index in [1.165, 1.54) is 0 Å². The van der Waals surface area contributed by atoms with Crippen molar-refractivity contribution in [1.82, 2.24) is 15.1 Å². The Bertz CT molecular complexity index is 1410.